The maximum atomic E-state index is 4.58. The highest BCUT2D eigenvalue weighted by atomic mass is 127. The number of aryl methyl sites for hydroxylation is 1. The van der Waals surface area contributed by atoms with Crippen molar-refractivity contribution < 1.29 is 0 Å². The molecule has 1 aromatic carbocycles. The molecule has 0 fully saturated rings. The Hall–Kier alpha value is -1.69. The van der Waals surface area contributed by atoms with Crippen molar-refractivity contribution >= 4 is 22.6 Å². The van der Waals surface area contributed by atoms with Crippen molar-refractivity contribution in [1.82, 2.24) is 14.8 Å². The topological polar surface area (TPSA) is 30.7 Å². The maximum Gasteiger partial charge on any atom is 0.100 e. The number of nitrogens with zero attached hydrogens (tertiary/aromatic N) is 3. The molecule has 0 saturated heterocycles. The molecule has 4 heteroatoms. The van der Waals surface area contributed by atoms with E-state index < -0.39 is 0 Å². The average molecular weight is 361 g/mol. The van der Waals surface area contributed by atoms with Crippen molar-refractivity contribution in [3.05, 3.63) is 58.6 Å². The Kier molecular flexibility index (Phi) is 3.33. The highest BCUT2D eigenvalue weighted by Gasteiger charge is 2.11. The summed E-state index contributed by atoms with van der Waals surface area (Å²) in [6.07, 6.45) is 5.66. The lowest BCUT2D eigenvalue weighted by molar-refractivity contribution is 0.771. The molecule has 0 aliphatic carbocycles. The average Bonchev–Trinajstić information content (AvgIpc) is 2.83. The first-order valence-electron chi connectivity index (χ1n) is 5.94. The van der Waals surface area contributed by atoms with E-state index in [4.69, 9.17) is 0 Å². The Morgan fingerprint density at radius 2 is 1.63 bits per heavy atom. The van der Waals surface area contributed by atoms with E-state index in [1.54, 1.807) is 12.4 Å². The molecule has 2 aromatic heterocycles. The van der Waals surface area contributed by atoms with Gasteiger partial charge in [0, 0.05) is 40.3 Å². The second-order valence-electron chi connectivity index (χ2n) is 4.31. The van der Waals surface area contributed by atoms with Gasteiger partial charge in [-0.2, -0.15) is 5.10 Å². The second-order valence-corrected chi connectivity index (χ2v) is 5.55. The third-order valence-electron chi connectivity index (χ3n) is 2.94. The molecular formula is C15H12IN3. The van der Waals surface area contributed by atoms with Gasteiger partial charge in [-0.1, -0.05) is 12.1 Å². The zero-order valence-electron chi connectivity index (χ0n) is 10.4. The lowest BCUT2D eigenvalue weighted by Gasteiger charge is -2.02. The van der Waals surface area contributed by atoms with E-state index in [9.17, 15) is 0 Å². The molecule has 0 bridgehead atoms. The van der Waals surface area contributed by atoms with Gasteiger partial charge < -0.3 is 0 Å². The predicted octanol–water partition coefficient (Wildman–Crippen LogP) is 3.75. The minimum atomic E-state index is 1.00. The first-order valence-corrected chi connectivity index (χ1v) is 7.02. The first-order chi connectivity index (χ1) is 9.24. The number of hydrogen-bond donors (Lipinski definition) is 0. The third-order valence-corrected chi connectivity index (χ3v) is 3.66. The van der Waals surface area contributed by atoms with Crippen molar-refractivity contribution in [1.29, 1.82) is 0 Å². The third kappa shape index (κ3) is 2.53. The van der Waals surface area contributed by atoms with Crippen molar-refractivity contribution in [2.75, 3.05) is 0 Å². The maximum absolute atomic E-state index is 4.58. The molecule has 2 heterocycles. The molecule has 0 atom stereocenters. The van der Waals surface area contributed by atoms with E-state index in [1.807, 2.05) is 30.1 Å². The standard InChI is InChI=1S/C15H12IN3/c1-19-10-14(11-6-8-17-9-7-11)15(18-19)12-2-4-13(16)5-3-12/h2-10H,1H3. The van der Waals surface area contributed by atoms with Crippen LogP contribution in [0.1, 0.15) is 0 Å². The summed E-state index contributed by atoms with van der Waals surface area (Å²) in [6, 6.07) is 12.4. The largest absolute Gasteiger partial charge is 0.275 e. The summed E-state index contributed by atoms with van der Waals surface area (Å²) in [5.41, 5.74) is 4.40. The van der Waals surface area contributed by atoms with Gasteiger partial charge in [-0.25, -0.2) is 0 Å². The van der Waals surface area contributed by atoms with Crippen molar-refractivity contribution in [2.45, 2.75) is 0 Å². The summed E-state index contributed by atoms with van der Waals surface area (Å²) in [5.74, 6) is 0. The number of halogens is 1. The number of hydrogen-bond acceptors (Lipinski definition) is 2. The van der Waals surface area contributed by atoms with Crippen LogP contribution >= 0.6 is 22.6 Å². The monoisotopic (exact) mass is 361 g/mol. The predicted molar refractivity (Wildman–Crippen MR) is 84.6 cm³/mol. The lowest BCUT2D eigenvalue weighted by atomic mass is 10.0. The number of rotatable bonds is 2. The van der Waals surface area contributed by atoms with Crippen LogP contribution in [0.25, 0.3) is 22.4 Å². The van der Waals surface area contributed by atoms with Crippen LogP contribution in [-0.4, -0.2) is 14.8 Å². The SMILES string of the molecule is Cn1cc(-c2ccncc2)c(-c2ccc(I)cc2)n1. The summed E-state index contributed by atoms with van der Waals surface area (Å²) >= 11 is 2.31. The number of benzene rings is 1. The van der Waals surface area contributed by atoms with Gasteiger partial charge in [-0.15, -0.1) is 0 Å². The summed E-state index contributed by atoms with van der Waals surface area (Å²) in [7, 11) is 1.95. The van der Waals surface area contributed by atoms with Gasteiger partial charge >= 0.3 is 0 Å². The van der Waals surface area contributed by atoms with E-state index in [0.29, 0.717) is 0 Å². The first kappa shape index (κ1) is 12.3. The zero-order chi connectivity index (χ0) is 13.2. The normalized spacial score (nSPS) is 10.6. The fourth-order valence-electron chi connectivity index (χ4n) is 2.05. The summed E-state index contributed by atoms with van der Waals surface area (Å²) in [5, 5.41) is 4.58. The fraction of sp³-hybridized carbons (Fsp3) is 0.0667. The second kappa shape index (κ2) is 5.13. The van der Waals surface area contributed by atoms with E-state index in [1.165, 1.54) is 3.57 Å². The van der Waals surface area contributed by atoms with Gasteiger partial charge in [0.25, 0.3) is 0 Å². The fourth-order valence-corrected chi connectivity index (χ4v) is 2.41. The molecule has 0 unspecified atom stereocenters. The molecule has 19 heavy (non-hydrogen) atoms. The van der Waals surface area contributed by atoms with Gasteiger partial charge in [-0.3, -0.25) is 9.67 Å². The highest BCUT2D eigenvalue weighted by molar-refractivity contribution is 14.1. The Morgan fingerprint density at radius 1 is 0.947 bits per heavy atom. The number of aromatic nitrogens is 3. The van der Waals surface area contributed by atoms with Crippen LogP contribution in [0.4, 0.5) is 0 Å². The van der Waals surface area contributed by atoms with Crippen LogP contribution in [0.3, 0.4) is 0 Å². The molecule has 0 aliphatic rings. The molecule has 3 aromatic rings. The molecule has 0 saturated carbocycles. The van der Waals surface area contributed by atoms with Crippen LogP contribution < -0.4 is 0 Å². The van der Waals surface area contributed by atoms with Crippen LogP contribution in [0.15, 0.2) is 55.0 Å². The van der Waals surface area contributed by atoms with Crippen LogP contribution in [0.5, 0.6) is 0 Å². The smallest absolute Gasteiger partial charge is 0.100 e. The molecular weight excluding hydrogens is 349 g/mol. The minimum absolute atomic E-state index is 1.00. The van der Waals surface area contributed by atoms with E-state index in [-0.39, 0.29) is 0 Å². The minimum Gasteiger partial charge on any atom is -0.275 e. The van der Waals surface area contributed by atoms with E-state index >= 15 is 0 Å². The van der Waals surface area contributed by atoms with Crippen LogP contribution in [0.2, 0.25) is 0 Å². The van der Waals surface area contributed by atoms with Crippen LogP contribution in [0, 0.1) is 3.57 Å². The van der Waals surface area contributed by atoms with Gasteiger partial charge in [0.2, 0.25) is 0 Å². The van der Waals surface area contributed by atoms with E-state index in [2.05, 4.69) is 56.9 Å². The Morgan fingerprint density at radius 3 is 2.32 bits per heavy atom. The molecule has 0 N–H and O–H groups in total. The molecule has 3 nitrogen and oxygen atoms in total. The molecule has 0 spiro atoms. The Balaban J connectivity index is 2.15. The van der Waals surface area contributed by atoms with Gasteiger partial charge in [-0.05, 0) is 52.4 Å². The van der Waals surface area contributed by atoms with Crippen LogP contribution in [-0.2, 0) is 7.05 Å². The molecule has 0 aliphatic heterocycles. The van der Waals surface area contributed by atoms with Gasteiger partial charge in [0.15, 0.2) is 0 Å². The quantitative estimate of drug-likeness (QED) is 0.651. The summed E-state index contributed by atoms with van der Waals surface area (Å²) in [4.78, 5) is 4.06. The van der Waals surface area contributed by atoms with Crippen molar-refractivity contribution in [2.24, 2.45) is 7.05 Å². The van der Waals surface area contributed by atoms with Crippen molar-refractivity contribution in [3.8, 4) is 22.4 Å². The molecule has 0 radical (unpaired) electrons. The summed E-state index contributed by atoms with van der Waals surface area (Å²) in [6.45, 7) is 0. The van der Waals surface area contributed by atoms with Crippen molar-refractivity contribution in [3.63, 3.8) is 0 Å². The van der Waals surface area contributed by atoms with Gasteiger partial charge in [0.1, 0.15) is 5.69 Å². The zero-order valence-corrected chi connectivity index (χ0v) is 12.6. The number of pyridine rings is 1. The molecule has 94 valence electrons. The Labute approximate surface area is 125 Å². The lowest BCUT2D eigenvalue weighted by Crippen LogP contribution is -1.87. The molecule has 0 amide bonds. The van der Waals surface area contributed by atoms with E-state index in [0.717, 1.165) is 22.4 Å². The highest BCUT2D eigenvalue weighted by Crippen LogP contribution is 2.30. The van der Waals surface area contributed by atoms with Gasteiger partial charge in [0.05, 0.1) is 0 Å². The molecule has 3 rings (SSSR count). The summed E-state index contributed by atoms with van der Waals surface area (Å²) < 4.78 is 3.08. The Bertz CT molecular complexity index is 687.